The van der Waals surface area contributed by atoms with Crippen molar-refractivity contribution >= 4 is 28.5 Å². The minimum atomic E-state index is -0.0425. The molecular formula is C22H25N5O2. The Kier molecular flexibility index (Phi) is 5.20. The smallest absolute Gasteiger partial charge is 0.255 e. The van der Waals surface area contributed by atoms with Crippen LogP contribution in [0.25, 0.3) is 10.9 Å². The molecule has 1 aliphatic rings. The summed E-state index contributed by atoms with van der Waals surface area (Å²) < 4.78 is 0. The second-order valence-corrected chi connectivity index (χ2v) is 7.49. The van der Waals surface area contributed by atoms with E-state index in [0.717, 1.165) is 23.4 Å². The molecule has 0 saturated carbocycles. The summed E-state index contributed by atoms with van der Waals surface area (Å²) in [6, 6.07) is 14.0. The van der Waals surface area contributed by atoms with Crippen LogP contribution in [0.4, 0.5) is 5.82 Å². The summed E-state index contributed by atoms with van der Waals surface area (Å²) in [6.07, 6.45) is 2.41. The Labute approximate surface area is 169 Å². The third-order valence-corrected chi connectivity index (χ3v) is 5.55. The standard InChI is InChI=1S/C22H25N5O2/c1-15(28)26(2)19-9-10-27(14-19)22(29)17-7-8-21(23-12-17)24-13-18-11-16-5-3-4-6-20(16)25-18/h3-8,11-12,19,25H,9-10,13-14H2,1-2H3,(H,23,24)/t19-/m0/s1. The highest BCUT2D eigenvalue weighted by atomic mass is 16.2. The third kappa shape index (κ3) is 4.08. The van der Waals surface area contributed by atoms with Crippen LogP contribution in [0.2, 0.25) is 0 Å². The number of anilines is 1. The monoisotopic (exact) mass is 391 g/mol. The Hall–Kier alpha value is -3.35. The molecule has 0 bridgehead atoms. The van der Waals surface area contributed by atoms with Gasteiger partial charge in [0.2, 0.25) is 5.91 Å². The molecule has 0 aliphatic carbocycles. The van der Waals surface area contributed by atoms with E-state index >= 15 is 0 Å². The van der Waals surface area contributed by atoms with Crippen molar-refractivity contribution in [2.24, 2.45) is 0 Å². The molecule has 1 aliphatic heterocycles. The highest BCUT2D eigenvalue weighted by Gasteiger charge is 2.30. The van der Waals surface area contributed by atoms with Gasteiger partial charge >= 0.3 is 0 Å². The molecule has 2 N–H and O–H groups in total. The predicted octanol–water partition coefficient (Wildman–Crippen LogP) is 2.87. The van der Waals surface area contributed by atoms with Gasteiger partial charge in [-0.25, -0.2) is 4.98 Å². The third-order valence-electron chi connectivity index (χ3n) is 5.55. The summed E-state index contributed by atoms with van der Waals surface area (Å²) >= 11 is 0. The molecule has 4 rings (SSSR count). The first-order valence-corrected chi connectivity index (χ1v) is 9.80. The number of carbonyl (C=O) groups excluding carboxylic acids is 2. The van der Waals surface area contributed by atoms with Crippen molar-refractivity contribution in [1.29, 1.82) is 0 Å². The van der Waals surface area contributed by atoms with Crippen molar-refractivity contribution < 1.29 is 9.59 Å². The maximum atomic E-state index is 12.7. The number of hydrogen-bond donors (Lipinski definition) is 2. The van der Waals surface area contributed by atoms with Crippen LogP contribution in [0.1, 0.15) is 29.4 Å². The quantitative estimate of drug-likeness (QED) is 0.701. The zero-order valence-electron chi connectivity index (χ0n) is 16.7. The van der Waals surface area contributed by atoms with E-state index in [-0.39, 0.29) is 17.9 Å². The largest absolute Gasteiger partial charge is 0.365 e. The molecule has 1 atom stereocenters. The predicted molar refractivity (Wildman–Crippen MR) is 113 cm³/mol. The van der Waals surface area contributed by atoms with E-state index in [1.54, 1.807) is 36.0 Å². The van der Waals surface area contributed by atoms with Crippen molar-refractivity contribution in [2.45, 2.75) is 25.9 Å². The van der Waals surface area contributed by atoms with E-state index in [0.29, 0.717) is 25.2 Å². The number of H-pyrrole nitrogens is 1. The van der Waals surface area contributed by atoms with Gasteiger partial charge in [-0.2, -0.15) is 0 Å². The SMILES string of the molecule is CC(=O)N(C)[C@H]1CCN(C(=O)c2ccc(NCc3cc4ccccc4[nH]3)nc2)C1. The number of pyridine rings is 1. The maximum Gasteiger partial charge on any atom is 0.255 e. The van der Waals surface area contributed by atoms with Gasteiger partial charge in [0.25, 0.3) is 5.91 Å². The molecule has 7 heteroatoms. The van der Waals surface area contributed by atoms with E-state index in [2.05, 4.69) is 33.5 Å². The second-order valence-electron chi connectivity index (χ2n) is 7.49. The minimum absolute atomic E-state index is 0.0244. The molecule has 0 unspecified atom stereocenters. The fraction of sp³-hybridized carbons (Fsp3) is 0.318. The van der Waals surface area contributed by atoms with Gasteiger partial charge in [0.15, 0.2) is 0 Å². The molecule has 3 aromatic rings. The van der Waals surface area contributed by atoms with Crippen LogP contribution in [0, 0.1) is 0 Å². The number of amides is 2. The van der Waals surface area contributed by atoms with Crippen LogP contribution in [0.3, 0.4) is 0 Å². The number of likely N-dealkylation sites (tertiary alicyclic amines) is 1. The Bertz CT molecular complexity index is 994. The van der Waals surface area contributed by atoms with Gasteiger partial charge in [0.05, 0.1) is 18.2 Å². The van der Waals surface area contributed by atoms with Gasteiger partial charge in [0, 0.05) is 44.5 Å². The van der Waals surface area contributed by atoms with Crippen molar-refractivity contribution in [3.05, 3.63) is 59.9 Å². The molecule has 7 nitrogen and oxygen atoms in total. The summed E-state index contributed by atoms with van der Waals surface area (Å²) in [6.45, 7) is 3.40. The van der Waals surface area contributed by atoms with Gasteiger partial charge in [-0.15, -0.1) is 0 Å². The van der Waals surface area contributed by atoms with E-state index in [4.69, 9.17) is 0 Å². The first kappa shape index (κ1) is 19.0. The number of nitrogens with one attached hydrogen (secondary N) is 2. The lowest BCUT2D eigenvalue weighted by atomic mass is 10.2. The fourth-order valence-electron chi connectivity index (χ4n) is 3.72. The lowest BCUT2D eigenvalue weighted by Crippen LogP contribution is -2.38. The molecule has 0 spiro atoms. The summed E-state index contributed by atoms with van der Waals surface area (Å²) in [5, 5.41) is 4.46. The molecule has 1 saturated heterocycles. The van der Waals surface area contributed by atoms with Crippen LogP contribution in [-0.4, -0.2) is 57.8 Å². The zero-order valence-corrected chi connectivity index (χ0v) is 16.7. The van der Waals surface area contributed by atoms with Crippen LogP contribution < -0.4 is 5.32 Å². The average Bonchev–Trinajstić information content (AvgIpc) is 3.38. The van der Waals surface area contributed by atoms with Crippen LogP contribution >= 0.6 is 0 Å². The molecule has 0 radical (unpaired) electrons. The van der Waals surface area contributed by atoms with Crippen LogP contribution in [0.5, 0.6) is 0 Å². The number of benzene rings is 1. The summed E-state index contributed by atoms with van der Waals surface area (Å²) in [7, 11) is 1.79. The minimum Gasteiger partial charge on any atom is -0.365 e. The lowest BCUT2D eigenvalue weighted by molar-refractivity contribution is -0.129. The number of para-hydroxylation sites is 1. The van der Waals surface area contributed by atoms with Crippen molar-refractivity contribution in [3.63, 3.8) is 0 Å². The topological polar surface area (TPSA) is 81.3 Å². The number of carbonyl (C=O) groups is 2. The first-order chi connectivity index (χ1) is 14.0. The summed E-state index contributed by atoms with van der Waals surface area (Å²) in [4.78, 5) is 35.5. The van der Waals surface area contributed by atoms with Crippen molar-refractivity contribution in [1.82, 2.24) is 19.8 Å². The fourth-order valence-corrected chi connectivity index (χ4v) is 3.72. The highest BCUT2D eigenvalue weighted by Crippen LogP contribution is 2.19. The molecule has 1 aromatic carbocycles. The second kappa shape index (κ2) is 7.95. The molecule has 3 heterocycles. The van der Waals surface area contributed by atoms with E-state index < -0.39 is 0 Å². The van der Waals surface area contributed by atoms with Crippen molar-refractivity contribution in [3.8, 4) is 0 Å². The van der Waals surface area contributed by atoms with Crippen molar-refractivity contribution in [2.75, 3.05) is 25.5 Å². The molecular weight excluding hydrogens is 366 g/mol. The van der Waals surface area contributed by atoms with Gasteiger partial charge in [-0.05, 0) is 36.1 Å². The number of aromatic nitrogens is 2. The van der Waals surface area contributed by atoms with Gasteiger partial charge in [-0.3, -0.25) is 9.59 Å². The number of likely N-dealkylation sites (N-methyl/N-ethyl adjacent to an activating group) is 1. The number of rotatable bonds is 5. The van der Waals surface area contributed by atoms with E-state index in [1.165, 1.54) is 5.39 Å². The molecule has 1 fully saturated rings. The molecule has 2 amide bonds. The van der Waals surface area contributed by atoms with Crippen LogP contribution in [-0.2, 0) is 11.3 Å². The average molecular weight is 391 g/mol. The summed E-state index contributed by atoms with van der Waals surface area (Å²) in [5.74, 6) is 0.700. The number of nitrogens with zero attached hydrogens (tertiary/aromatic N) is 3. The molecule has 29 heavy (non-hydrogen) atoms. The summed E-state index contributed by atoms with van der Waals surface area (Å²) in [5.41, 5.74) is 2.75. The normalized spacial score (nSPS) is 16.2. The Morgan fingerprint density at radius 2 is 2.10 bits per heavy atom. The molecule has 2 aromatic heterocycles. The lowest BCUT2D eigenvalue weighted by Gasteiger charge is -2.23. The van der Waals surface area contributed by atoms with Gasteiger partial charge < -0.3 is 20.1 Å². The first-order valence-electron chi connectivity index (χ1n) is 9.80. The van der Waals surface area contributed by atoms with Gasteiger partial charge in [0.1, 0.15) is 5.82 Å². The number of aromatic amines is 1. The van der Waals surface area contributed by atoms with Gasteiger partial charge in [-0.1, -0.05) is 18.2 Å². The van der Waals surface area contributed by atoms with Crippen LogP contribution in [0.15, 0.2) is 48.7 Å². The Morgan fingerprint density at radius 1 is 1.28 bits per heavy atom. The van der Waals surface area contributed by atoms with E-state index in [9.17, 15) is 9.59 Å². The Morgan fingerprint density at radius 3 is 2.83 bits per heavy atom. The zero-order chi connectivity index (χ0) is 20.4. The Balaban J connectivity index is 1.35. The number of hydrogen-bond acceptors (Lipinski definition) is 4. The van der Waals surface area contributed by atoms with E-state index in [1.807, 2.05) is 18.2 Å². The number of fused-ring (bicyclic) bond motifs is 1. The highest BCUT2D eigenvalue weighted by molar-refractivity contribution is 5.94. The molecule has 150 valence electrons. The maximum absolute atomic E-state index is 12.7.